The Morgan fingerprint density at radius 3 is 2.16 bits per heavy atom. The van der Waals surface area contributed by atoms with Crippen LogP contribution in [0.3, 0.4) is 0 Å². The number of hydrogen-bond acceptors (Lipinski definition) is 5. The van der Waals surface area contributed by atoms with Gasteiger partial charge in [0.1, 0.15) is 0 Å². The molecule has 1 aromatic heterocycles. The van der Waals surface area contributed by atoms with Gasteiger partial charge in [-0.25, -0.2) is 0 Å². The lowest BCUT2D eigenvalue weighted by Crippen LogP contribution is -2.05. The highest BCUT2D eigenvalue weighted by Crippen LogP contribution is 2.39. The number of alkyl halides is 2. The van der Waals surface area contributed by atoms with Crippen LogP contribution in [0.5, 0.6) is 17.2 Å². The number of methoxy groups -OCH3 is 2. The molecule has 0 radical (unpaired) electrons. The highest BCUT2D eigenvalue weighted by atomic mass is 32.1. The van der Waals surface area contributed by atoms with Crippen LogP contribution in [0.25, 0.3) is 6.08 Å². The van der Waals surface area contributed by atoms with Crippen LogP contribution in [0, 0.1) is 13.8 Å². The molecule has 0 fully saturated rings. The van der Waals surface area contributed by atoms with Gasteiger partial charge in [-0.3, -0.25) is 4.79 Å². The standard InChI is InChI=1S/C18H18F2O4S/c1-10-7-13(11(2)25-10)14(21)6-5-12-8-15(22-3)17(24-18(19)20)16(9-12)23-4/h5-9,18H,1-4H3/b6-5+. The average molecular weight is 368 g/mol. The summed E-state index contributed by atoms with van der Waals surface area (Å²) in [4.78, 5) is 14.3. The Morgan fingerprint density at radius 2 is 1.72 bits per heavy atom. The number of ether oxygens (including phenoxy) is 3. The molecular weight excluding hydrogens is 350 g/mol. The van der Waals surface area contributed by atoms with Crippen LogP contribution in [0.4, 0.5) is 8.78 Å². The number of ketones is 1. The molecule has 0 aliphatic rings. The van der Waals surface area contributed by atoms with Crippen molar-refractivity contribution in [2.45, 2.75) is 20.5 Å². The fourth-order valence-electron chi connectivity index (χ4n) is 2.34. The summed E-state index contributed by atoms with van der Waals surface area (Å²) in [5.74, 6) is -0.135. The number of hydrogen-bond donors (Lipinski definition) is 0. The van der Waals surface area contributed by atoms with Crippen molar-refractivity contribution in [1.82, 2.24) is 0 Å². The van der Waals surface area contributed by atoms with E-state index in [1.807, 2.05) is 19.9 Å². The lowest BCUT2D eigenvalue weighted by Gasteiger charge is -2.14. The number of thiophene rings is 1. The first kappa shape index (κ1) is 18.9. The first-order valence-electron chi connectivity index (χ1n) is 7.36. The Kier molecular flexibility index (Phi) is 6.14. The molecule has 4 nitrogen and oxygen atoms in total. The molecule has 0 unspecified atom stereocenters. The number of allylic oxidation sites excluding steroid dienone is 1. The van der Waals surface area contributed by atoms with E-state index in [-0.39, 0.29) is 23.0 Å². The first-order chi connectivity index (χ1) is 11.8. The molecule has 0 aliphatic heterocycles. The molecule has 0 saturated heterocycles. The van der Waals surface area contributed by atoms with E-state index < -0.39 is 6.61 Å². The molecule has 0 spiro atoms. The van der Waals surface area contributed by atoms with E-state index in [1.54, 1.807) is 17.4 Å². The predicted octanol–water partition coefficient (Wildman–Crippen LogP) is 4.88. The second kappa shape index (κ2) is 8.11. The van der Waals surface area contributed by atoms with Gasteiger partial charge >= 0.3 is 6.61 Å². The van der Waals surface area contributed by atoms with Crippen molar-refractivity contribution in [3.8, 4) is 17.2 Å². The molecule has 25 heavy (non-hydrogen) atoms. The van der Waals surface area contributed by atoms with Crippen molar-refractivity contribution in [2.75, 3.05) is 14.2 Å². The number of carbonyl (C=O) groups is 1. The number of halogens is 2. The molecule has 7 heteroatoms. The van der Waals surface area contributed by atoms with Gasteiger partial charge in [-0.15, -0.1) is 11.3 Å². The maximum absolute atomic E-state index is 12.5. The zero-order chi connectivity index (χ0) is 18.6. The Bertz CT molecular complexity index is 771. The van der Waals surface area contributed by atoms with Gasteiger partial charge in [-0.1, -0.05) is 6.08 Å². The van der Waals surface area contributed by atoms with Crippen LogP contribution in [-0.2, 0) is 0 Å². The van der Waals surface area contributed by atoms with Gasteiger partial charge in [0.2, 0.25) is 5.75 Å². The van der Waals surface area contributed by atoms with Crippen LogP contribution in [-0.4, -0.2) is 26.6 Å². The number of benzene rings is 1. The van der Waals surface area contributed by atoms with Gasteiger partial charge in [-0.05, 0) is 43.7 Å². The maximum atomic E-state index is 12.5. The summed E-state index contributed by atoms with van der Waals surface area (Å²) < 4.78 is 39.7. The van der Waals surface area contributed by atoms with Crippen LogP contribution < -0.4 is 14.2 Å². The van der Waals surface area contributed by atoms with E-state index >= 15 is 0 Å². The lowest BCUT2D eigenvalue weighted by molar-refractivity contribution is -0.0526. The summed E-state index contributed by atoms with van der Waals surface area (Å²) in [5, 5.41) is 0. The van der Waals surface area contributed by atoms with Gasteiger partial charge in [0.05, 0.1) is 14.2 Å². The zero-order valence-corrected chi connectivity index (χ0v) is 15.1. The monoisotopic (exact) mass is 368 g/mol. The summed E-state index contributed by atoms with van der Waals surface area (Å²) in [7, 11) is 2.67. The summed E-state index contributed by atoms with van der Waals surface area (Å²) in [6.45, 7) is 0.826. The minimum Gasteiger partial charge on any atom is -0.493 e. The van der Waals surface area contributed by atoms with Crippen LogP contribution >= 0.6 is 11.3 Å². The molecule has 0 atom stereocenters. The van der Waals surface area contributed by atoms with E-state index in [0.29, 0.717) is 11.1 Å². The quantitative estimate of drug-likeness (QED) is 0.516. The number of rotatable bonds is 7. The Morgan fingerprint density at radius 1 is 1.12 bits per heavy atom. The Labute approximate surface area is 148 Å². The molecule has 0 aliphatic carbocycles. The minimum atomic E-state index is -3.00. The second-order valence-electron chi connectivity index (χ2n) is 5.16. The Balaban J connectivity index is 2.33. The molecular formula is C18H18F2O4S. The van der Waals surface area contributed by atoms with Crippen LogP contribution in [0.15, 0.2) is 24.3 Å². The highest BCUT2D eigenvalue weighted by Gasteiger charge is 2.17. The summed E-state index contributed by atoms with van der Waals surface area (Å²) in [5.41, 5.74) is 1.21. The molecule has 0 bridgehead atoms. The second-order valence-corrected chi connectivity index (χ2v) is 6.62. The third kappa shape index (κ3) is 4.57. The van der Waals surface area contributed by atoms with Crippen molar-refractivity contribution >= 4 is 23.2 Å². The van der Waals surface area contributed by atoms with E-state index in [2.05, 4.69) is 4.74 Å². The van der Waals surface area contributed by atoms with Crippen LogP contribution in [0.2, 0.25) is 0 Å². The molecule has 2 aromatic rings. The van der Waals surface area contributed by atoms with E-state index in [9.17, 15) is 13.6 Å². The third-order valence-corrected chi connectivity index (χ3v) is 4.39. The Hall–Kier alpha value is -2.41. The average Bonchev–Trinajstić information content (AvgIpc) is 2.91. The van der Waals surface area contributed by atoms with Crippen molar-refractivity contribution in [1.29, 1.82) is 0 Å². The summed E-state index contributed by atoms with van der Waals surface area (Å²) >= 11 is 1.56. The SMILES string of the molecule is COc1cc(/C=C/C(=O)c2cc(C)sc2C)cc(OC)c1OC(F)F. The smallest absolute Gasteiger partial charge is 0.387 e. The van der Waals surface area contributed by atoms with Crippen molar-refractivity contribution < 1.29 is 27.8 Å². The fraction of sp³-hybridized carbons (Fsp3) is 0.278. The summed E-state index contributed by atoms with van der Waals surface area (Å²) in [6.07, 6.45) is 3.00. The van der Waals surface area contributed by atoms with Crippen molar-refractivity contribution in [2.24, 2.45) is 0 Å². The number of carbonyl (C=O) groups excluding carboxylic acids is 1. The zero-order valence-electron chi connectivity index (χ0n) is 14.3. The molecule has 0 saturated carbocycles. The van der Waals surface area contributed by atoms with Gasteiger partial charge in [0, 0.05) is 15.3 Å². The highest BCUT2D eigenvalue weighted by molar-refractivity contribution is 7.12. The van der Waals surface area contributed by atoms with Crippen molar-refractivity contribution in [3.05, 3.63) is 45.2 Å². The van der Waals surface area contributed by atoms with Gasteiger partial charge in [-0.2, -0.15) is 8.78 Å². The lowest BCUT2D eigenvalue weighted by atomic mass is 10.1. The molecule has 134 valence electrons. The van der Waals surface area contributed by atoms with Gasteiger partial charge in [0.25, 0.3) is 0 Å². The van der Waals surface area contributed by atoms with E-state index in [1.165, 1.54) is 32.4 Å². The fourth-order valence-corrected chi connectivity index (χ4v) is 3.27. The van der Waals surface area contributed by atoms with Gasteiger partial charge in [0.15, 0.2) is 17.3 Å². The number of aryl methyl sites for hydroxylation is 2. The van der Waals surface area contributed by atoms with E-state index in [4.69, 9.17) is 9.47 Å². The van der Waals surface area contributed by atoms with E-state index in [0.717, 1.165) is 9.75 Å². The third-order valence-electron chi connectivity index (χ3n) is 3.42. The molecule has 0 amide bonds. The van der Waals surface area contributed by atoms with Crippen molar-refractivity contribution in [3.63, 3.8) is 0 Å². The summed E-state index contributed by atoms with van der Waals surface area (Å²) in [6, 6.07) is 4.83. The van der Waals surface area contributed by atoms with Gasteiger partial charge < -0.3 is 14.2 Å². The maximum Gasteiger partial charge on any atom is 0.387 e. The van der Waals surface area contributed by atoms with Crippen LogP contribution in [0.1, 0.15) is 25.7 Å². The largest absolute Gasteiger partial charge is 0.493 e. The molecule has 1 heterocycles. The molecule has 2 rings (SSSR count). The molecule has 1 aromatic carbocycles. The minimum absolute atomic E-state index is 0.0920. The topological polar surface area (TPSA) is 44.8 Å². The predicted molar refractivity (Wildman–Crippen MR) is 93.3 cm³/mol. The first-order valence-corrected chi connectivity index (χ1v) is 8.17. The normalized spacial score (nSPS) is 11.2. The molecule has 0 N–H and O–H groups in total.